The number of benzene rings is 1. The van der Waals surface area contributed by atoms with Gasteiger partial charge in [0.05, 0.1) is 42.7 Å². The minimum atomic E-state index is -0.446. The summed E-state index contributed by atoms with van der Waals surface area (Å²) in [7, 11) is 1.94. The van der Waals surface area contributed by atoms with Crippen molar-refractivity contribution in [1.29, 1.82) is 0 Å². The maximum Gasteiger partial charge on any atom is 0.323 e. The normalized spacial score (nSPS) is 21.7. The second-order valence-electron chi connectivity index (χ2n) is 13.0. The average molecular weight is 648 g/mol. The van der Waals surface area contributed by atoms with Crippen LogP contribution >= 0.6 is 0 Å². The van der Waals surface area contributed by atoms with Crippen LogP contribution < -0.4 is 20.3 Å². The number of ketones is 1. The van der Waals surface area contributed by atoms with Crippen molar-refractivity contribution >= 4 is 51.9 Å². The quantitative estimate of drug-likeness (QED) is 0.282. The third kappa shape index (κ3) is 5.55. The number of fused-ring (bicyclic) bond motifs is 4. The van der Waals surface area contributed by atoms with Gasteiger partial charge in [-0.2, -0.15) is 0 Å². The molecule has 2 bridgehead atoms. The van der Waals surface area contributed by atoms with E-state index in [-0.39, 0.29) is 29.5 Å². The van der Waals surface area contributed by atoms with Crippen LogP contribution in [0.4, 0.5) is 21.9 Å². The van der Waals surface area contributed by atoms with E-state index in [0.29, 0.717) is 41.8 Å². The van der Waals surface area contributed by atoms with Gasteiger partial charge in [0, 0.05) is 67.0 Å². The molecule has 2 N–H and O–H groups in total. The molecule has 48 heavy (non-hydrogen) atoms. The predicted octanol–water partition coefficient (Wildman–Crippen LogP) is 5.22. The number of rotatable bonds is 5. The summed E-state index contributed by atoms with van der Waals surface area (Å²) in [6, 6.07) is 10.5. The Kier molecular flexibility index (Phi) is 7.79. The number of nitrogens with zero attached hydrogens (tertiary/aromatic N) is 5. The lowest BCUT2D eigenvalue weighted by molar-refractivity contribution is -0.155. The molecule has 0 saturated carbocycles. The Hall–Kier alpha value is -5.23. The Morgan fingerprint density at radius 1 is 0.979 bits per heavy atom. The van der Waals surface area contributed by atoms with E-state index in [1.54, 1.807) is 48.8 Å². The summed E-state index contributed by atoms with van der Waals surface area (Å²) >= 11 is 0. The Balaban J connectivity index is 0.994. The summed E-state index contributed by atoms with van der Waals surface area (Å²) in [5.41, 5.74) is 4.03. The Morgan fingerprint density at radius 2 is 1.77 bits per heavy atom. The van der Waals surface area contributed by atoms with Gasteiger partial charge >= 0.3 is 6.03 Å². The molecule has 12 heteroatoms. The predicted molar refractivity (Wildman–Crippen MR) is 181 cm³/mol. The first-order valence-electron chi connectivity index (χ1n) is 16.6. The lowest BCUT2D eigenvalue weighted by Crippen LogP contribution is -2.59. The third-order valence-electron chi connectivity index (χ3n) is 9.92. The van der Waals surface area contributed by atoms with Gasteiger partial charge in [0.25, 0.3) is 0 Å². The highest BCUT2D eigenvalue weighted by Crippen LogP contribution is 2.38. The van der Waals surface area contributed by atoms with Crippen molar-refractivity contribution in [3.63, 3.8) is 0 Å². The van der Waals surface area contributed by atoms with Crippen molar-refractivity contribution < 1.29 is 23.9 Å². The van der Waals surface area contributed by atoms with Gasteiger partial charge in [-0.15, -0.1) is 0 Å². The molecule has 3 fully saturated rings. The fourth-order valence-corrected chi connectivity index (χ4v) is 7.60. The number of anilines is 3. The molecule has 1 aromatic carbocycles. The molecule has 7 heterocycles. The molecule has 3 aromatic heterocycles. The lowest BCUT2D eigenvalue weighted by atomic mass is 9.89. The first kappa shape index (κ1) is 30.1. The number of allylic oxidation sites excluding steroid dienone is 1. The van der Waals surface area contributed by atoms with Crippen LogP contribution in [0, 0.1) is 5.92 Å². The van der Waals surface area contributed by atoms with E-state index in [1.807, 2.05) is 30.1 Å². The molecule has 12 nitrogen and oxygen atoms in total. The average Bonchev–Trinajstić information content (AvgIpc) is 3.59. The van der Waals surface area contributed by atoms with E-state index in [4.69, 9.17) is 9.47 Å². The number of pyridine rings is 2. The van der Waals surface area contributed by atoms with E-state index in [2.05, 4.69) is 30.4 Å². The number of nitrogens with one attached hydrogen (secondary N) is 2. The Morgan fingerprint density at radius 3 is 2.54 bits per heavy atom. The molecule has 2 unspecified atom stereocenters. The zero-order valence-corrected chi connectivity index (χ0v) is 26.7. The van der Waals surface area contributed by atoms with Crippen LogP contribution in [0.25, 0.3) is 17.1 Å². The summed E-state index contributed by atoms with van der Waals surface area (Å²) in [4.78, 5) is 52.9. The highest BCUT2D eigenvalue weighted by Gasteiger charge is 2.41. The summed E-state index contributed by atoms with van der Waals surface area (Å²) in [6.45, 7) is 2.82. The summed E-state index contributed by atoms with van der Waals surface area (Å²) in [5.74, 6) is 0.669. The largest absolute Gasteiger partial charge is 0.452 e. The van der Waals surface area contributed by atoms with Gasteiger partial charge < -0.3 is 34.5 Å². The van der Waals surface area contributed by atoms with Crippen molar-refractivity contribution in [3.8, 4) is 5.75 Å². The summed E-state index contributed by atoms with van der Waals surface area (Å²) < 4.78 is 13.8. The van der Waals surface area contributed by atoms with Gasteiger partial charge in [0.2, 0.25) is 11.7 Å². The first-order chi connectivity index (χ1) is 23.4. The smallest absolute Gasteiger partial charge is 0.323 e. The maximum atomic E-state index is 13.7. The van der Waals surface area contributed by atoms with Gasteiger partial charge in [-0.1, -0.05) is 0 Å². The topological polar surface area (TPSA) is 131 Å². The number of aryl methyl sites for hydroxylation is 1. The van der Waals surface area contributed by atoms with Crippen molar-refractivity contribution in [2.45, 2.75) is 44.2 Å². The van der Waals surface area contributed by atoms with Crippen molar-refractivity contribution in [2.24, 2.45) is 13.0 Å². The fourth-order valence-electron chi connectivity index (χ4n) is 7.60. The fraction of sp³-hybridized carbons (Fsp3) is 0.361. The molecule has 246 valence electrons. The molecular formula is C36H37N7O5. The molecule has 3 saturated heterocycles. The molecule has 0 aliphatic carbocycles. The van der Waals surface area contributed by atoms with Crippen LogP contribution in [-0.2, 0) is 16.6 Å². The van der Waals surface area contributed by atoms with Crippen molar-refractivity contribution in [2.75, 3.05) is 41.8 Å². The van der Waals surface area contributed by atoms with Crippen LogP contribution in [-0.4, -0.2) is 75.5 Å². The van der Waals surface area contributed by atoms with E-state index >= 15 is 0 Å². The van der Waals surface area contributed by atoms with Crippen molar-refractivity contribution in [1.82, 2.24) is 19.4 Å². The standard InChI is InChI=1S/C36H37N7O5/c1-41-19-23(16-31-33(44)28-17-24(7-8-30(28)48-31)39-36(46)40-25-4-3-12-37-18-25)32-29(9-13-38-34(32)41)42-14-10-22(11-15-42)35(45)43-26-5-2-6-27(43)21-47-20-26/h3-4,7-9,12-13,16-19,22,26-27H,2,5-6,10-11,14-15,20-21H2,1H3,(H2,39,40,46)/b31-16-. The number of carbonyl (C=O) groups is 3. The molecule has 4 aliphatic heterocycles. The number of hydrogen-bond acceptors (Lipinski definition) is 8. The SMILES string of the molecule is Cn1cc(/C=C2\Oc3ccc(NC(=O)Nc4cccnc4)cc3C2=O)c2c(N3CCC(C(=O)N4C5CCCC4COC5)CC3)ccnc21. The molecule has 8 rings (SSSR count). The van der Waals surface area contributed by atoms with Crippen LogP contribution in [0.5, 0.6) is 5.75 Å². The van der Waals surface area contributed by atoms with E-state index in [9.17, 15) is 14.4 Å². The lowest BCUT2D eigenvalue weighted by Gasteiger charge is -2.47. The first-order valence-corrected chi connectivity index (χ1v) is 16.6. The second kappa shape index (κ2) is 12.4. The van der Waals surface area contributed by atoms with E-state index in [1.165, 1.54) is 6.42 Å². The van der Waals surface area contributed by atoms with Gasteiger partial charge in [0.15, 0.2) is 5.76 Å². The van der Waals surface area contributed by atoms with Gasteiger partial charge in [-0.05, 0) is 74.6 Å². The number of amides is 3. The van der Waals surface area contributed by atoms with Gasteiger partial charge in [-0.25, -0.2) is 9.78 Å². The number of morpholine rings is 1. The van der Waals surface area contributed by atoms with Crippen LogP contribution in [0.15, 0.2) is 66.9 Å². The molecule has 3 amide bonds. The second-order valence-corrected chi connectivity index (χ2v) is 13.0. The zero-order valence-electron chi connectivity index (χ0n) is 26.7. The van der Waals surface area contributed by atoms with E-state index in [0.717, 1.165) is 61.1 Å². The number of piperidine rings is 2. The number of carbonyl (C=O) groups excluding carboxylic acids is 3. The third-order valence-corrected chi connectivity index (χ3v) is 9.92. The highest BCUT2D eigenvalue weighted by molar-refractivity contribution is 6.16. The summed E-state index contributed by atoms with van der Waals surface area (Å²) in [5, 5.41) is 6.41. The van der Waals surface area contributed by atoms with E-state index < -0.39 is 6.03 Å². The number of hydrogen-bond donors (Lipinski definition) is 2. The molecule has 4 aliphatic rings. The van der Waals surface area contributed by atoms with Crippen LogP contribution in [0.3, 0.4) is 0 Å². The minimum absolute atomic E-state index is 0.0148. The zero-order chi connectivity index (χ0) is 32.8. The summed E-state index contributed by atoms with van der Waals surface area (Å²) in [6.07, 6.45) is 13.5. The number of Topliss-reactive ketones (excluding diaryl/α,β-unsaturated/α-hetero) is 1. The molecular weight excluding hydrogens is 610 g/mol. The Bertz CT molecular complexity index is 1910. The van der Waals surface area contributed by atoms with Crippen LogP contribution in [0.2, 0.25) is 0 Å². The number of ether oxygens (including phenoxy) is 2. The Labute approximate surface area is 277 Å². The van der Waals surface area contributed by atoms with Crippen molar-refractivity contribution in [3.05, 3.63) is 78.1 Å². The highest BCUT2D eigenvalue weighted by atomic mass is 16.5. The molecule has 0 spiro atoms. The number of aromatic nitrogens is 3. The minimum Gasteiger partial charge on any atom is -0.452 e. The molecule has 2 atom stereocenters. The number of urea groups is 1. The maximum absolute atomic E-state index is 13.7. The van der Waals surface area contributed by atoms with Gasteiger partial charge in [0.1, 0.15) is 11.4 Å². The molecule has 0 radical (unpaired) electrons. The van der Waals surface area contributed by atoms with Gasteiger partial charge in [-0.3, -0.25) is 14.6 Å². The van der Waals surface area contributed by atoms with Crippen LogP contribution in [0.1, 0.15) is 48.0 Å². The molecule has 4 aromatic rings. The monoisotopic (exact) mass is 647 g/mol.